The van der Waals surface area contributed by atoms with Crippen molar-refractivity contribution >= 4 is 11.8 Å². The zero-order valence-electron chi connectivity index (χ0n) is 16.3. The molecule has 1 aromatic carbocycles. The van der Waals surface area contributed by atoms with Gasteiger partial charge in [0.2, 0.25) is 11.8 Å². The molecule has 1 fully saturated rings. The number of halogens is 2. The first kappa shape index (κ1) is 20.9. The van der Waals surface area contributed by atoms with Gasteiger partial charge in [0.05, 0.1) is 12.5 Å². The number of piperazine rings is 1. The number of benzene rings is 1. The van der Waals surface area contributed by atoms with Gasteiger partial charge < -0.3 is 10.6 Å². The van der Waals surface area contributed by atoms with E-state index in [0.717, 1.165) is 17.3 Å². The SMILES string of the molecule is Cc1cccnc1CCNC(=O)C[C@H]1C(=O)NCCN1Cc1cccc(F)c1F. The van der Waals surface area contributed by atoms with E-state index >= 15 is 0 Å². The molecular formula is C21H24F2N4O2. The maximum atomic E-state index is 14.0. The first-order chi connectivity index (χ1) is 14.0. The van der Waals surface area contributed by atoms with Crippen molar-refractivity contribution in [3.63, 3.8) is 0 Å². The van der Waals surface area contributed by atoms with Gasteiger partial charge in [-0.2, -0.15) is 0 Å². The topological polar surface area (TPSA) is 74.3 Å². The minimum absolute atomic E-state index is 0.0516. The van der Waals surface area contributed by atoms with Crippen LogP contribution in [0.25, 0.3) is 0 Å². The van der Waals surface area contributed by atoms with Crippen LogP contribution in [0.15, 0.2) is 36.5 Å². The van der Waals surface area contributed by atoms with E-state index in [4.69, 9.17) is 0 Å². The van der Waals surface area contributed by atoms with Crippen LogP contribution >= 0.6 is 0 Å². The molecule has 8 heteroatoms. The molecule has 1 saturated heterocycles. The number of hydrogen-bond acceptors (Lipinski definition) is 4. The van der Waals surface area contributed by atoms with Gasteiger partial charge in [-0.05, 0) is 24.6 Å². The highest BCUT2D eigenvalue weighted by atomic mass is 19.2. The van der Waals surface area contributed by atoms with Crippen molar-refractivity contribution < 1.29 is 18.4 Å². The van der Waals surface area contributed by atoms with Crippen LogP contribution in [0, 0.1) is 18.6 Å². The molecule has 1 aliphatic rings. The number of aromatic nitrogens is 1. The van der Waals surface area contributed by atoms with Crippen LogP contribution < -0.4 is 10.6 Å². The van der Waals surface area contributed by atoms with Crippen molar-refractivity contribution in [1.82, 2.24) is 20.5 Å². The molecule has 0 bridgehead atoms. The summed E-state index contributed by atoms with van der Waals surface area (Å²) in [5.41, 5.74) is 2.12. The highest BCUT2D eigenvalue weighted by Gasteiger charge is 2.32. The molecule has 1 aromatic heterocycles. The summed E-state index contributed by atoms with van der Waals surface area (Å²) in [7, 11) is 0. The largest absolute Gasteiger partial charge is 0.356 e. The normalized spacial score (nSPS) is 17.1. The Labute approximate surface area is 168 Å². The Bertz CT molecular complexity index is 891. The average Bonchev–Trinajstić information content (AvgIpc) is 2.69. The second-order valence-electron chi connectivity index (χ2n) is 7.06. The van der Waals surface area contributed by atoms with Crippen molar-refractivity contribution in [2.75, 3.05) is 19.6 Å². The molecule has 154 valence electrons. The fourth-order valence-corrected chi connectivity index (χ4v) is 3.41. The van der Waals surface area contributed by atoms with Crippen molar-refractivity contribution in [3.8, 4) is 0 Å². The van der Waals surface area contributed by atoms with Crippen molar-refractivity contribution in [2.45, 2.75) is 32.4 Å². The zero-order valence-corrected chi connectivity index (χ0v) is 16.3. The van der Waals surface area contributed by atoms with E-state index in [9.17, 15) is 18.4 Å². The maximum absolute atomic E-state index is 14.0. The highest BCUT2D eigenvalue weighted by molar-refractivity contribution is 5.88. The third kappa shape index (κ3) is 5.35. The Balaban J connectivity index is 1.58. The summed E-state index contributed by atoms with van der Waals surface area (Å²) < 4.78 is 27.5. The first-order valence-electron chi connectivity index (χ1n) is 9.57. The van der Waals surface area contributed by atoms with Gasteiger partial charge in [0.25, 0.3) is 0 Å². The Morgan fingerprint density at radius 2 is 2.14 bits per heavy atom. The number of rotatable bonds is 7. The van der Waals surface area contributed by atoms with Crippen molar-refractivity contribution in [1.29, 1.82) is 0 Å². The lowest BCUT2D eigenvalue weighted by Crippen LogP contribution is -2.56. The average molecular weight is 402 g/mol. The van der Waals surface area contributed by atoms with Crippen LogP contribution in [-0.4, -0.2) is 47.4 Å². The van der Waals surface area contributed by atoms with E-state index in [-0.39, 0.29) is 30.3 Å². The van der Waals surface area contributed by atoms with Crippen molar-refractivity contribution in [3.05, 3.63) is 65.0 Å². The summed E-state index contributed by atoms with van der Waals surface area (Å²) in [4.78, 5) is 30.7. The molecule has 1 atom stereocenters. The van der Waals surface area contributed by atoms with Crippen LogP contribution in [0.5, 0.6) is 0 Å². The summed E-state index contributed by atoms with van der Waals surface area (Å²) >= 11 is 0. The van der Waals surface area contributed by atoms with Gasteiger partial charge in [-0.3, -0.25) is 19.5 Å². The molecule has 2 heterocycles. The molecule has 2 amide bonds. The number of hydrogen-bond donors (Lipinski definition) is 2. The molecule has 0 spiro atoms. The second kappa shape index (κ2) is 9.56. The van der Waals surface area contributed by atoms with Gasteiger partial charge in [0.1, 0.15) is 0 Å². The zero-order chi connectivity index (χ0) is 20.8. The molecular weight excluding hydrogens is 378 g/mol. The van der Waals surface area contributed by atoms with Crippen LogP contribution in [0.3, 0.4) is 0 Å². The molecule has 0 unspecified atom stereocenters. The maximum Gasteiger partial charge on any atom is 0.237 e. The summed E-state index contributed by atoms with van der Waals surface area (Å²) in [6.45, 7) is 3.27. The summed E-state index contributed by atoms with van der Waals surface area (Å²) in [6.07, 6.45) is 2.25. The van der Waals surface area contributed by atoms with E-state index in [1.807, 2.05) is 19.1 Å². The molecule has 29 heavy (non-hydrogen) atoms. The monoisotopic (exact) mass is 402 g/mol. The number of pyridine rings is 1. The number of aryl methyl sites for hydroxylation is 1. The summed E-state index contributed by atoms with van der Waals surface area (Å²) in [6, 6.07) is 7.05. The number of carbonyl (C=O) groups is 2. The third-order valence-electron chi connectivity index (χ3n) is 5.03. The van der Waals surface area contributed by atoms with Crippen LogP contribution in [-0.2, 0) is 22.6 Å². The van der Waals surface area contributed by atoms with E-state index in [2.05, 4.69) is 15.6 Å². The number of amides is 2. The van der Waals surface area contributed by atoms with E-state index < -0.39 is 17.7 Å². The molecule has 2 N–H and O–H groups in total. The number of nitrogens with one attached hydrogen (secondary N) is 2. The molecule has 1 aliphatic heterocycles. The smallest absolute Gasteiger partial charge is 0.237 e. The molecule has 2 aromatic rings. The molecule has 0 aliphatic carbocycles. The first-order valence-corrected chi connectivity index (χ1v) is 9.57. The second-order valence-corrected chi connectivity index (χ2v) is 7.06. The lowest BCUT2D eigenvalue weighted by Gasteiger charge is -2.34. The third-order valence-corrected chi connectivity index (χ3v) is 5.03. The quantitative estimate of drug-likeness (QED) is 0.740. The highest BCUT2D eigenvalue weighted by Crippen LogP contribution is 2.18. The van der Waals surface area contributed by atoms with Crippen LogP contribution in [0.2, 0.25) is 0 Å². The molecule has 3 rings (SSSR count). The molecule has 6 nitrogen and oxygen atoms in total. The standard InChI is InChI=1S/C21H24F2N4O2/c1-14-4-3-8-24-17(14)7-9-25-19(28)12-18-21(29)26-10-11-27(18)13-15-5-2-6-16(22)20(15)23/h2-6,8,18H,7,9-13H2,1H3,(H,25,28)(H,26,29)/t18-/m0/s1. The van der Waals surface area contributed by atoms with E-state index in [1.54, 1.807) is 11.1 Å². The van der Waals surface area contributed by atoms with Gasteiger partial charge in [-0.25, -0.2) is 8.78 Å². The lowest BCUT2D eigenvalue weighted by atomic mass is 10.1. The Hall–Kier alpha value is -2.87. The van der Waals surface area contributed by atoms with E-state index in [1.165, 1.54) is 12.1 Å². The number of carbonyl (C=O) groups excluding carboxylic acids is 2. The number of nitrogens with zero attached hydrogens (tertiary/aromatic N) is 2. The Kier molecular flexibility index (Phi) is 6.87. The Morgan fingerprint density at radius 1 is 1.31 bits per heavy atom. The fraction of sp³-hybridized carbons (Fsp3) is 0.381. The minimum atomic E-state index is -0.928. The predicted molar refractivity (Wildman–Crippen MR) is 104 cm³/mol. The molecule has 0 radical (unpaired) electrons. The fourth-order valence-electron chi connectivity index (χ4n) is 3.41. The van der Waals surface area contributed by atoms with Crippen LogP contribution in [0.1, 0.15) is 23.2 Å². The minimum Gasteiger partial charge on any atom is -0.356 e. The molecule has 0 saturated carbocycles. The van der Waals surface area contributed by atoms with Crippen molar-refractivity contribution in [2.24, 2.45) is 0 Å². The van der Waals surface area contributed by atoms with Gasteiger partial charge in [0.15, 0.2) is 11.6 Å². The van der Waals surface area contributed by atoms with Gasteiger partial charge in [0, 0.05) is 50.1 Å². The van der Waals surface area contributed by atoms with Gasteiger partial charge in [-0.1, -0.05) is 18.2 Å². The Morgan fingerprint density at radius 3 is 2.93 bits per heavy atom. The van der Waals surface area contributed by atoms with Gasteiger partial charge in [-0.15, -0.1) is 0 Å². The van der Waals surface area contributed by atoms with E-state index in [0.29, 0.717) is 26.1 Å². The predicted octanol–water partition coefficient (Wildman–Crippen LogP) is 1.72. The summed E-state index contributed by atoms with van der Waals surface area (Å²) in [5, 5.41) is 5.54. The summed E-state index contributed by atoms with van der Waals surface area (Å²) in [5.74, 6) is -2.41. The lowest BCUT2D eigenvalue weighted by molar-refractivity contribution is -0.134. The van der Waals surface area contributed by atoms with Gasteiger partial charge >= 0.3 is 0 Å². The van der Waals surface area contributed by atoms with Crippen LogP contribution in [0.4, 0.5) is 8.78 Å².